The molecule has 0 bridgehead atoms. The molecule has 2 heteroatoms. The molecule has 1 aliphatic rings. The topological polar surface area (TPSA) is 46.2 Å². The lowest BCUT2D eigenvalue weighted by Crippen LogP contribution is -1.77. The highest BCUT2D eigenvalue weighted by Gasteiger charge is 2.22. The average Bonchev–Trinajstić information content (AvgIpc) is 3.09. The van der Waals surface area contributed by atoms with Crippen molar-refractivity contribution in [2.75, 3.05) is 14.2 Å². The summed E-state index contributed by atoms with van der Waals surface area (Å²) in [6.07, 6.45) is 2.81. The number of aliphatic hydroxyl groups excluding tert-OH is 1. The lowest BCUT2D eigenvalue weighted by Gasteiger charge is -1.96. The van der Waals surface area contributed by atoms with Crippen molar-refractivity contribution in [2.45, 2.75) is 25.7 Å². The Labute approximate surface area is 86.8 Å². The van der Waals surface area contributed by atoms with Crippen molar-refractivity contribution < 1.29 is 5.11 Å². The fourth-order valence-corrected chi connectivity index (χ4v) is 1.26. The molecule has 1 saturated carbocycles. The molecule has 1 aromatic carbocycles. The lowest BCUT2D eigenvalue weighted by molar-refractivity contribution is 0.399. The van der Waals surface area contributed by atoms with Gasteiger partial charge in [-0.15, -0.1) is 0 Å². The fourth-order valence-electron chi connectivity index (χ4n) is 1.26. The Bertz CT molecular complexity index is 227. The van der Waals surface area contributed by atoms with E-state index < -0.39 is 0 Å². The molecule has 2 nitrogen and oxygen atoms in total. The van der Waals surface area contributed by atoms with Gasteiger partial charge in [0.15, 0.2) is 0 Å². The predicted molar refractivity (Wildman–Crippen MR) is 61.4 cm³/mol. The van der Waals surface area contributed by atoms with Crippen molar-refractivity contribution in [1.29, 1.82) is 0 Å². The molecule has 0 aliphatic heterocycles. The second-order valence-electron chi connectivity index (χ2n) is 3.18. The zero-order valence-electron chi connectivity index (χ0n) is 9.33. The first-order valence-corrected chi connectivity index (χ1v) is 4.95. The number of rotatable bonds is 1. The Morgan fingerprint density at radius 3 is 1.86 bits per heavy atom. The first kappa shape index (κ1) is 13.1. The molecule has 1 aliphatic carbocycles. The van der Waals surface area contributed by atoms with Crippen molar-refractivity contribution in [1.82, 2.24) is 0 Å². The van der Waals surface area contributed by atoms with E-state index in [9.17, 15) is 0 Å². The van der Waals surface area contributed by atoms with E-state index >= 15 is 0 Å². The van der Waals surface area contributed by atoms with Gasteiger partial charge in [-0.3, -0.25) is 0 Å². The molecule has 1 fully saturated rings. The number of aliphatic hydroxyl groups is 1. The van der Waals surface area contributed by atoms with Crippen LogP contribution in [-0.2, 0) is 0 Å². The van der Waals surface area contributed by atoms with Crippen LogP contribution in [0.4, 0.5) is 0 Å². The Balaban J connectivity index is 0.000000379. The summed E-state index contributed by atoms with van der Waals surface area (Å²) >= 11 is 0. The lowest BCUT2D eigenvalue weighted by atomic mass is 10.1. The van der Waals surface area contributed by atoms with Crippen LogP contribution in [0.15, 0.2) is 24.3 Å². The number of hydrogen-bond donors (Lipinski definition) is 2. The molecular formula is C12H21NO. The van der Waals surface area contributed by atoms with E-state index in [2.05, 4.69) is 36.9 Å². The number of nitrogens with two attached hydrogens (primary N) is 1. The first-order chi connectivity index (χ1) is 6.86. The van der Waals surface area contributed by atoms with E-state index in [-0.39, 0.29) is 0 Å². The second kappa shape index (κ2) is 7.54. The standard InChI is InChI=1S/C10H12.CH5N.CH4O/c1-8-2-4-9(5-3-8)10-6-7-10;2*1-2/h2-5,10H,6-7H2,1H3;2H2,1H3;2H,1H3. The van der Waals surface area contributed by atoms with Crippen molar-refractivity contribution in [2.24, 2.45) is 5.73 Å². The van der Waals surface area contributed by atoms with Gasteiger partial charge < -0.3 is 10.8 Å². The monoisotopic (exact) mass is 195 g/mol. The summed E-state index contributed by atoms with van der Waals surface area (Å²) in [6.45, 7) is 2.14. The van der Waals surface area contributed by atoms with Gasteiger partial charge in [-0.05, 0) is 38.3 Å². The summed E-state index contributed by atoms with van der Waals surface area (Å²) in [7, 11) is 2.50. The van der Waals surface area contributed by atoms with Crippen LogP contribution in [0.2, 0.25) is 0 Å². The van der Waals surface area contributed by atoms with Gasteiger partial charge in [-0.1, -0.05) is 29.8 Å². The van der Waals surface area contributed by atoms with Gasteiger partial charge in [-0.25, -0.2) is 0 Å². The van der Waals surface area contributed by atoms with Gasteiger partial charge in [0.1, 0.15) is 0 Å². The largest absolute Gasteiger partial charge is 0.400 e. The fraction of sp³-hybridized carbons (Fsp3) is 0.500. The summed E-state index contributed by atoms with van der Waals surface area (Å²) in [5.41, 5.74) is 7.40. The van der Waals surface area contributed by atoms with Crippen LogP contribution in [0.5, 0.6) is 0 Å². The van der Waals surface area contributed by atoms with E-state index in [0.717, 1.165) is 13.0 Å². The van der Waals surface area contributed by atoms with E-state index in [1.54, 1.807) is 0 Å². The van der Waals surface area contributed by atoms with Gasteiger partial charge in [0.25, 0.3) is 0 Å². The summed E-state index contributed by atoms with van der Waals surface area (Å²) in [4.78, 5) is 0. The van der Waals surface area contributed by atoms with Crippen molar-refractivity contribution in [3.05, 3.63) is 35.4 Å². The Morgan fingerprint density at radius 2 is 1.50 bits per heavy atom. The SMILES string of the molecule is CN.CO.Cc1ccc(C2CC2)cc1. The van der Waals surface area contributed by atoms with Crippen molar-refractivity contribution in [3.8, 4) is 0 Å². The maximum atomic E-state index is 7.00. The van der Waals surface area contributed by atoms with Crippen LogP contribution in [0.25, 0.3) is 0 Å². The van der Waals surface area contributed by atoms with Crippen LogP contribution in [0.3, 0.4) is 0 Å². The number of hydrogen-bond acceptors (Lipinski definition) is 2. The summed E-state index contributed by atoms with van der Waals surface area (Å²) < 4.78 is 0. The van der Waals surface area contributed by atoms with Gasteiger partial charge >= 0.3 is 0 Å². The van der Waals surface area contributed by atoms with E-state index in [0.29, 0.717) is 0 Å². The Kier molecular flexibility index (Phi) is 7.07. The summed E-state index contributed by atoms with van der Waals surface area (Å²) in [5.74, 6) is 0.903. The molecule has 0 radical (unpaired) electrons. The molecule has 14 heavy (non-hydrogen) atoms. The third kappa shape index (κ3) is 4.40. The molecular weight excluding hydrogens is 174 g/mol. The summed E-state index contributed by atoms with van der Waals surface area (Å²) in [6, 6.07) is 8.92. The highest BCUT2D eigenvalue weighted by Crippen LogP contribution is 2.39. The minimum atomic E-state index is 0.903. The zero-order valence-corrected chi connectivity index (χ0v) is 9.33. The zero-order chi connectivity index (χ0) is 11.0. The van der Waals surface area contributed by atoms with Gasteiger partial charge in [0, 0.05) is 7.11 Å². The van der Waals surface area contributed by atoms with Crippen LogP contribution >= 0.6 is 0 Å². The summed E-state index contributed by atoms with van der Waals surface area (Å²) in [5, 5.41) is 7.00. The Hall–Kier alpha value is -0.860. The highest BCUT2D eigenvalue weighted by atomic mass is 16.2. The maximum absolute atomic E-state index is 7.00. The van der Waals surface area contributed by atoms with Crippen molar-refractivity contribution >= 4 is 0 Å². The minimum Gasteiger partial charge on any atom is -0.400 e. The van der Waals surface area contributed by atoms with E-state index in [1.807, 2.05) is 0 Å². The third-order valence-electron chi connectivity index (χ3n) is 2.13. The van der Waals surface area contributed by atoms with E-state index in [4.69, 9.17) is 5.11 Å². The molecule has 1 aromatic rings. The van der Waals surface area contributed by atoms with Gasteiger partial charge in [0.2, 0.25) is 0 Å². The average molecular weight is 195 g/mol. The molecule has 0 spiro atoms. The molecule has 3 N–H and O–H groups in total. The molecule has 0 aromatic heterocycles. The smallest absolute Gasteiger partial charge is 0.0319 e. The van der Waals surface area contributed by atoms with Crippen LogP contribution in [-0.4, -0.2) is 19.3 Å². The van der Waals surface area contributed by atoms with E-state index in [1.165, 1.54) is 31.0 Å². The molecule has 80 valence electrons. The van der Waals surface area contributed by atoms with Crippen LogP contribution in [0.1, 0.15) is 29.9 Å². The molecule has 0 atom stereocenters. The molecule has 0 unspecified atom stereocenters. The number of benzene rings is 1. The normalized spacial score (nSPS) is 13.2. The Morgan fingerprint density at radius 1 is 1.07 bits per heavy atom. The molecule has 0 amide bonds. The minimum absolute atomic E-state index is 0.903. The van der Waals surface area contributed by atoms with Crippen LogP contribution < -0.4 is 5.73 Å². The van der Waals surface area contributed by atoms with Crippen LogP contribution in [0, 0.1) is 6.92 Å². The first-order valence-electron chi connectivity index (χ1n) is 4.95. The molecule has 0 saturated heterocycles. The number of aryl methyl sites for hydroxylation is 1. The van der Waals surface area contributed by atoms with Crippen molar-refractivity contribution in [3.63, 3.8) is 0 Å². The third-order valence-corrected chi connectivity index (χ3v) is 2.13. The second-order valence-corrected chi connectivity index (χ2v) is 3.18. The molecule has 2 rings (SSSR count). The molecule has 0 heterocycles. The van der Waals surface area contributed by atoms with Gasteiger partial charge in [-0.2, -0.15) is 0 Å². The maximum Gasteiger partial charge on any atom is 0.0319 e. The highest BCUT2D eigenvalue weighted by molar-refractivity contribution is 5.27. The predicted octanol–water partition coefficient (Wildman–Crippen LogP) is 2.06. The quantitative estimate of drug-likeness (QED) is 0.720. The van der Waals surface area contributed by atoms with Gasteiger partial charge in [0.05, 0.1) is 0 Å².